The largest absolute Gasteiger partial charge is 0.454 e. The Morgan fingerprint density at radius 2 is 1.84 bits per heavy atom. The molecule has 0 N–H and O–H groups in total. The number of benzene rings is 2. The van der Waals surface area contributed by atoms with Crippen molar-refractivity contribution in [2.75, 3.05) is 6.79 Å². The van der Waals surface area contributed by atoms with Crippen LogP contribution in [0.15, 0.2) is 46.2 Å². The number of hydrogen-bond donors (Lipinski definition) is 0. The lowest BCUT2D eigenvalue weighted by Crippen LogP contribution is -2.03. The minimum absolute atomic E-state index is 0.0102. The van der Waals surface area contributed by atoms with Crippen LogP contribution in [-0.2, 0) is 9.84 Å². The standard InChI is InChI=1S/C13H8ClO4S/c14-9-4-6-10(7-5-9)19(15,16)12-3-1-2-11-13(12)18-8-17-11/h1-2,4-7H,8H2. The van der Waals surface area contributed by atoms with E-state index in [1.807, 2.05) is 0 Å². The highest BCUT2D eigenvalue weighted by molar-refractivity contribution is 7.91. The number of hydrogen-bond acceptors (Lipinski definition) is 4. The van der Waals surface area contributed by atoms with E-state index in [-0.39, 0.29) is 22.3 Å². The fourth-order valence-corrected chi connectivity index (χ4v) is 3.26. The average Bonchev–Trinajstić information content (AvgIpc) is 2.87. The first-order chi connectivity index (χ1) is 9.09. The van der Waals surface area contributed by atoms with Gasteiger partial charge in [0.15, 0.2) is 11.5 Å². The molecule has 4 nitrogen and oxygen atoms in total. The Morgan fingerprint density at radius 3 is 2.58 bits per heavy atom. The minimum atomic E-state index is -3.70. The predicted octanol–water partition coefficient (Wildman–Crippen LogP) is 2.70. The van der Waals surface area contributed by atoms with E-state index in [0.29, 0.717) is 10.8 Å². The van der Waals surface area contributed by atoms with Crippen LogP contribution in [0.3, 0.4) is 0 Å². The van der Waals surface area contributed by atoms with Gasteiger partial charge in [0.1, 0.15) is 4.90 Å². The number of rotatable bonds is 2. The van der Waals surface area contributed by atoms with Crippen LogP contribution in [0.1, 0.15) is 0 Å². The first-order valence-electron chi connectivity index (χ1n) is 5.40. The van der Waals surface area contributed by atoms with Crippen molar-refractivity contribution >= 4 is 21.4 Å². The van der Waals surface area contributed by atoms with Crippen molar-refractivity contribution in [3.05, 3.63) is 47.5 Å². The molecular formula is C13H8ClO4S. The molecule has 0 saturated carbocycles. The molecule has 97 valence electrons. The minimum Gasteiger partial charge on any atom is -0.454 e. The lowest BCUT2D eigenvalue weighted by atomic mass is 10.3. The quantitative estimate of drug-likeness (QED) is 0.855. The monoisotopic (exact) mass is 295 g/mol. The Labute approximate surface area is 115 Å². The second-order valence-electron chi connectivity index (χ2n) is 3.86. The summed E-state index contributed by atoms with van der Waals surface area (Å²) >= 11 is 5.75. The number of ether oxygens (including phenoxy) is 2. The molecule has 1 aliphatic rings. The van der Waals surface area contributed by atoms with E-state index in [2.05, 4.69) is 6.07 Å². The SMILES string of the molecule is O=S(=O)(c1ccc(Cl)cc1)c1[c]ccc2c1OCO2. The highest BCUT2D eigenvalue weighted by Gasteiger charge is 2.27. The summed E-state index contributed by atoms with van der Waals surface area (Å²) in [5.74, 6) is 0.615. The van der Waals surface area contributed by atoms with Crippen LogP contribution in [0.5, 0.6) is 11.5 Å². The molecule has 1 aliphatic heterocycles. The first-order valence-corrected chi connectivity index (χ1v) is 7.26. The van der Waals surface area contributed by atoms with Gasteiger partial charge < -0.3 is 9.47 Å². The van der Waals surface area contributed by atoms with Gasteiger partial charge in [0.2, 0.25) is 16.6 Å². The smallest absolute Gasteiger partial charge is 0.231 e. The van der Waals surface area contributed by atoms with Gasteiger partial charge in [-0.25, -0.2) is 8.42 Å². The molecule has 0 aliphatic carbocycles. The summed E-state index contributed by atoms with van der Waals surface area (Å²) < 4.78 is 35.4. The van der Waals surface area contributed by atoms with Crippen LogP contribution in [0, 0.1) is 6.07 Å². The number of sulfone groups is 1. The zero-order valence-corrected chi connectivity index (χ0v) is 11.2. The zero-order valence-electron chi connectivity index (χ0n) is 9.59. The molecule has 0 atom stereocenters. The fourth-order valence-electron chi connectivity index (χ4n) is 1.78. The van der Waals surface area contributed by atoms with Crippen molar-refractivity contribution < 1.29 is 17.9 Å². The molecule has 2 aromatic carbocycles. The van der Waals surface area contributed by atoms with Gasteiger partial charge in [0, 0.05) is 11.1 Å². The van der Waals surface area contributed by atoms with Gasteiger partial charge in [-0.2, -0.15) is 0 Å². The molecule has 0 bridgehead atoms. The number of fused-ring (bicyclic) bond motifs is 1. The van der Waals surface area contributed by atoms with Gasteiger partial charge >= 0.3 is 0 Å². The molecule has 0 aromatic heterocycles. The maximum Gasteiger partial charge on any atom is 0.231 e. The van der Waals surface area contributed by atoms with Gasteiger partial charge in [-0.1, -0.05) is 11.6 Å². The van der Waals surface area contributed by atoms with Crippen molar-refractivity contribution in [3.8, 4) is 11.5 Å². The third-order valence-electron chi connectivity index (χ3n) is 2.69. The van der Waals surface area contributed by atoms with E-state index in [4.69, 9.17) is 21.1 Å². The van der Waals surface area contributed by atoms with Crippen molar-refractivity contribution in [1.82, 2.24) is 0 Å². The van der Waals surface area contributed by atoms with Crippen LogP contribution < -0.4 is 9.47 Å². The van der Waals surface area contributed by atoms with E-state index >= 15 is 0 Å². The lowest BCUT2D eigenvalue weighted by molar-refractivity contribution is 0.172. The Morgan fingerprint density at radius 1 is 1.11 bits per heavy atom. The second-order valence-corrected chi connectivity index (χ2v) is 6.19. The summed E-state index contributed by atoms with van der Waals surface area (Å²) in [5.41, 5.74) is 0. The van der Waals surface area contributed by atoms with Crippen molar-refractivity contribution in [3.63, 3.8) is 0 Å². The molecule has 19 heavy (non-hydrogen) atoms. The van der Waals surface area contributed by atoms with E-state index in [1.54, 1.807) is 6.07 Å². The Balaban J connectivity index is 2.16. The average molecular weight is 296 g/mol. The third-order valence-corrected chi connectivity index (χ3v) is 4.67. The Bertz CT molecular complexity index is 723. The van der Waals surface area contributed by atoms with Crippen LogP contribution in [-0.4, -0.2) is 15.2 Å². The molecule has 6 heteroatoms. The van der Waals surface area contributed by atoms with Crippen molar-refractivity contribution in [1.29, 1.82) is 0 Å². The van der Waals surface area contributed by atoms with E-state index < -0.39 is 9.84 Å². The summed E-state index contributed by atoms with van der Waals surface area (Å²) in [6, 6.07) is 11.7. The lowest BCUT2D eigenvalue weighted by Gasteiger charge is -2.07. The number of halogens is 1. The zero-order chi connectivity index (χ0) is 13.5. The van der Waals surface area contributed by atoms with Gasteiger partial charge in [0.25, 0.3) is 0 Å². The molecular weight excluding hydrogens is 288 g/mol. The maximum atomic E-state index is 12.5. The van der Waals surface area contributed by atoms with Crippen LogP contribution in [0.25, 0.3) is 0 Å². The third kappa shape index (κ3) is 2.05. The van der Waals surface area contributed by atoms with Gasteiger partial charge in [-0.3, -0.25) is 0 Å². The summed E-state index contributed by atoms with van der Waals surface area (Å²) in [6.07, 6.45) is 0. The van der Waals surface area contributed by atoms with Crippen LogP contribution in [0.4, 0.5) is 0 Å². The van der Waals surface area contributed by atoms with E-state index in [0.717, 1.165) is 0 Å². The fraction of sp³-hybridized carbons (Fsp3) is 0.0769. The molecule has 0 fully saturated rings. The summed E-state index contributed by atoms with van der Waals surface area (Å²) in [7, 11) is -3.70. The predicted molar refractivity (Wildman–Crippen MR) is 68.3 cm³/mol. The molecule has 0 amide bonds. The Hall–Kier alpha value is -1.72. The molecule has 0 spiro atoms. The van der Waals surface area contributed by atoms with Gasteiger partial charge in [0.05, 0.1) is 4.90 Å². The maximum absolute atomic E-state index is 12.5. The second kappa shape index (κ2) is 4.43. The first kappa shape index (κ1) is 12.3. The van der Waals surface area contributed by atoms with Gasteiger partial charge in [-0.15, -0.1) is 0 Å². The highest BCUT2D eigenvalue weighted by Crippen LogP contribution is 2.39. The van der Waals surface area contributed by atoms with Crippen molar-refractivity contribution in [2.24, 2.45) is 0 Å². The van der Waals surface area contributed by atoms with Crippen LogP contribution in [0.2, 0.25) is 5.02 Å². The van der Waals surface area contributed by atoms with Crippen LogP contribution >= 0.6 is 11.6 Å². The highest BCUT2D eigenvalue weighted by atomic mass is 35.5. The normalized spacial score (nSPS) is 13.5. The molecule has 1 radical (unpaired) electrons. The molecule has 0 unspecified atom stereocenters. The topological polar surface area (TPSA) is 52.6 Å². The summed E-state index contributed by atoms with van der Waals surface area (Å²) in [6.45, 7) is 0.0102. The summed E-state index contributed by atoms with van der Waals surface area (Å²) in [5, 5.41) is 0.473. The van der Waals surface area contributed by atoms with Crippen molar-refractivity contribution in [2.45, 2.75) is 9.79 Å². The van der Waals surface area contributed by atoms with Gasteiger partial charge in [-0.05, 0) is 36.4 Å². The Kier molecular flexibility index (Phi) is 2.88. The molecule has 2 aromatic rings. The molecule has 1 heterocycles. The molecule has 0 saturated heterocycles. The van der Waals surface area contributed by atoms with E-state index in [1.165, 1.54) is 30.3 Å². The molecule has 3 rings (SSSR count). The summed E-state index contributed by atoms with van der Waals surface area (Å²) in [4.78, 5) is 0.113. The van der Waals surface area contributed by atoms with E-state index in [9.17, 15) is 8.42 Å².